The van der Waals surface area contributed by atoms with E-state index in [0.29, 0.717) is 22.8 Å². The van der Waals surface area contributed by atoms with E-state index in [2.05, 4.69) is 5.32 Å². The normalized spacial score (nSPS) is 12.2. The minimum atomic E-state index is -4.16. The number of anilines is 1. The van der Waals surface area contributed by atoms with E-state index in [1.54, 1.807) is 44.2 Å². The first-order valence-corrected chi connectivity index (χ1v) is 15.1. The summed E-state index contributed by atoms with van der Waals surface area (Å²) in [5, 5.41) is 3.28. The van der Waals surface area contributed by atoms with Crippen LogP contribution in [0.5, 0.6) is 0 Å². The van der Waals surface area contributed by atoms with Gasteiger partial charge in [-0.3, -0.25) is 13.9 Å². The van der Waals surface area contributed by atoms with Crippen molar-refractivity contribution in [2.75, 3.05) is 17.4 Å². The molecular weight excluding hydrogens is 546 g/mol. The molecule has 1 N–H and O–H groups in total. The predicted molar refractivity (Wildman–Crippen MR) is 161 cm³/mol. The lowest BCUT2D eigenvalue weighted by molar-refractivity contribution is -0.139. The largest absolute Gasteiger partial charge is 0.354 e. The fourth-order valence-electron chi connectivity index (χ4n) is 4.22. The van der Waals surface area contributed by atoms with E-state index in [9.17, 15) is 18.0 Å². The quantitative estimate of drug-likeness (QED) is 0.316. The average molecular weight is 584 g/mol. The zero-order chi connectivity index (χ0) is 29.6. The molecule has 0 aromatic heterocycles. The molecule has 1 atom stereocenters. The van der Waals surface area contributed by atoms with Crippen LogP contribution in [0.25, 0.3) is 0 Å². The van der Waals surface area contributed by atoms with Crippen LogP contribution in [0.3, 0.4) is 0 Å². The standard InChI is InChI=1S/C31H38ClN3O4S/c1-21(2)18-33-31(37)25(6)34(19-26-11-8-7-10-23(26)4)30(36)20-35(29-13-9-12-28(32)24(29)5)40(38,39)27-16-14-22(3)15-17-27/h7-17,21,25H,18-20H2,1-6H3,(H,33,37). The molecule has 0 bridgehead atoms. The average Bonchev–Trinajstić information content (AvgIpc) is 2.91. The van der Waals surface area contributed by atoms with Gasteiger partial charge in [-0.15, -0.1) is 0 Å². The molecule has 40 heavy (non-hydrogen) atoms. The van der Waals surface area contributed by atoms with Gasteiger partial charge in [0.15, 0.2) is 0 Å². The van der Waals surface area contributed by atoms with Crippen LogP contribution in [0, 0.1) is 26.7 Å². The van der Waals surface area contributed by atoms with Gasteiger partial charge in [0, 0.05) is 18.1 Å². The maximum absolute atomic E-state index is 14.1. The molecule has 3 rings (SSSR count). The van der Waals surface area contributed by atoms with Gasteiger partial charge in [0.2, 0.25) is 11.8 Å². The van der Waals surface area contributed by atoms with E-state index < -0.39 is 28.5 Å². The first kappa shape index (κ1) is 31.2. The molecule has 0 saturated carbocycles. The van der Waals surface area contributed by atoms with Crippen LogP contribution in [-0.2, 0) is 26.2 Å². The number of carbonyl (C=O) groups excluding carboxylic acids is 2. The summed E-state index contributed by atoms with van der Waals surface area (Å²) in [5.41, 5.74) is 3.57. The Morgan fingerprint density at radius 1 is 0.900 bits per heavy atom. The molecule has 0 saturated heterocycles. The zero-order valence-electron chi connectivity index (χ0n) is 23.9. The SMILES string of the molecule is Cc1ccc(S(=O)(=O)N(CC(=O)N(Cc2ccccc2C)C(C)C(=O)NCC(C)C)c2cccc(Cl)c2C)cc1. The number of hydrogen-bond donors (Lipinski definition) is 1. The van der Waals surface area contributed by atoms with Crippen molar-refractivity contribution in [1.29, 1.82) is 0 Å². The minimum Gasteiger partial charge on any atom is -0.354 e. The zero-order valence-corrected chi connectivity index (χ0v) is 25.5. The van der Waals surface area contributed by atoms with E-state index >= 15 is 0 Å². The Bertz CT molecular complexity index is 1460. The molecule has 0 radical (unpaired) electrons. The van der Waals surface area contributed by atoms with Crippen molar-refractivity contribution in [2.45, 2.75) is 59.0 Å². The van der Waals surface area contributed by atoms with Gasteiger partial charge in [-0.05, 0) is 74.6 Å². The topological polar surface area (TPSA) is 86.8 Å². The Balaban J connectivity index is 2.07. The summed E-state index contributed by atoms with van der Waals surface area (Å²) in [6, 6.07) is 18.2. The Morgan fingerprint density at radius 3 is 2.17 bits per heavy atom. The Hall–Kier alpha value is -3.36. The second kappa shape index (κ2) is 13.3. The maximum Gasteiger partial charge on any atom is 0.264 e. The monoisotopic (exact) mass is 583 g/mol. The molecule has 3 aromatic rings. The number of hydrogen-bond acceptors (Lipinski definition) is 4. The molecule has 2 amide bonds. The number of halogens is 1. The summed E-state index contributed by atoms with van der Waals surface area (Å²) in [5.74, 6) is -0.578. The number of amides is 2. The summed E-state index contributed by atoms with van der Waals surface area (Å²) < 4.78 is 29.1. The Labute approximate surface area is 243 Å². The number of nitrogens with one attached hydrogen (secondary N) is 1. The van der Waals surface area contributed by atoms with Crippen molar-refractivity contribution >= 4 is 39.1 Å². The van der Waals surface area contributed by atoms with Gasteiger partial charge in [-0.25, -0.2) is 8.42 Å². The van der Waals surface area contributed by atoms with E-state index in [1.807, 2.05) is 52.0 Å². The van der Waals surface area contributed by atoms with Crippen molar-refractivity contribution in [1.82, 2.24) is 10.2 Å². The molecule has 0 aliphatic carbocycles. The van der Waals surface area contributed by atoms with Crippen LogP contribution in [0.1, 0.15) is 43.0 Å². The number of benzene rings is 3. The van der Waals surface area contributed by atoms with Gasteiger partial charge in [-0.1, -0.05) is 73.5 Å². The number of sulfonamides is 1. The predicted octanol–water partition coefficient (Wildman–Crippen LogP) is 5.65. The summed E-state index contributed by atoms with van der Waals surface area (Å²) in [6.07, 6.45) is 0. The lowest BCUT2D eigenvalue weighted by atomic mass is 10.1. The van der Waals surface area contributed by atoms with Crippen molar-refractivity contribution < 1.29 is 18.0 Å². The molecule has 0 aliphatic rings. The van der Waals surface area contributed by atoms with E-state index in [0.717, 1.165) is 21.0 Å². The molecule has 0 aliphatic heterocycles. The van der Waals surface area contributed by atoms with Crippen molar-refractivity contribution in [2.24, 2.45) is 5.92 Å². The van der Waals surface area contributed by atoms with E-state index in [1.165, 1.54) is 17.0 Å². The third-order valence-corrected chi connectivity index (χ3v) is 9.03. The molecule has 1 unspecified atom stereocenters. The molecular formula is C31H38ClN3O4S. The molecule has 3 aromatic carbocycles. The third kappa shape index (κ3) is 7.43. The van der Waals surface area contributed by atoms with Gasteiger partial charge in [0.05, 0.1) is 10.6 Å². The van der Waals surface area contributed by atoms with Gasteiger partial charge < -0.3 is 10.2 Å². The number of rotatable bonds is 11. The highest BCUT2D eigenvalue weighted by Gasteiger charge is 2.33. The molecule has 0 fully saturated rings. The molecule has 9 heteroatoms. The number of aryl methyl sites for hydroxylation is 2. The molecule has 7 nitrogen and oxygen atoms in total. The summed E-state index contributed by atoms with van der Waals surface area (Å²) in [4.78, 5) is 28.7. The fraction of sp³-hybridized carbons (Fsp3) is 0.355. The highest BCUT2D eigenvalue weighted by Crippen LogP contribution is 2.31. The van der Waals surface area contributed by atoms with Gasteiger partial charge in [0.25, 0.3) is 10.0 Å². The van der Waals surface area contributed by atoms with Crippen molar-refractivity contribution in [3.05, 3.63) is 94.0 Å². The smallest absolute Gasteiger partial charge is 0.264 e. The summed E-state index contributed by atoms with van der Waals surface area (Å²) >= 11 is 6.38. The van der Waals surface area contributed by atoms with Gasteiger partial charge in [0.1, 0.15) is 12.6 Å². The summed E-state index contributed by atoms with van der Waals surface area (Å²) in [7, 11) is -4.16. The maximum atomic E-state index is 14.1. The lowest BCUT2D eigenvalue weighted by Gasteiger charge is -2.33. The first-order chi connectivity index (χ1) is 18.8. The van der Waals surface area contributed by atoms with Crippen LogP contribution in [0.2, 0.25) is 5.02 Å². The van der Waals surface area contributed by atoms with Crippen LogP contribution in [0.4, 0.5) is 5.69 Å². The van der Waals surface area contributed by atoms with Crippen molar-refractivity contribution in [3.63, 3.8) is 0 Å². The minimum absolute atomic E-state index is 0.0541. The van der Waals surface area contributed by atoms with Gasteiger partial charge >= 0.3 is 0 Å². The summed E-state index contributed by atoms with van der Waals surface area (Å²) in [6.45, 7) is 11.3. The third-order valence-electron chi connectivity index (χ3n) is 6.85. The Kier molecular flexibility index (Phi) is 10.4. The molecule has 0 spiro atoms. The Morgan fingerprint density at radius 2 is 1.55 bits per heavy atom. The fourth-order valence-corrected chi connectivity index (χ4v) is 5.86. The van der Waals surface area contributed by atoms with Crippen LogP contribution < -0.4 is 9.62 Å². The first-order valence-electron chi connectivity index (χ1n) is 13.3. The van der Waals surface area contributed by atoms with E-state index in [4.69, 9.17) is 11.6 Å². The van der Waals surface area contributed by atoms with E-state index in [-0.39, 0.29) is 23.3 Å². The number of carbonyl (C=O) groups is 2. The van der Waals surface area contributed by atoms with Crippen LogP contribution in [-0.4, -0.2) is 44.3 Å². The van der Waals surface area contributed by atoms with Crippen LogP contribution >= 0.6 is 11.6 Å². The van der Waals surface area contributed by atoms with Gasteiger partial charge in [-0.2, -0.15) is 0 Å². The highest BCUT2D eigenvalue weighted by molar-refractivity contribution is 7.92. The second-order valence-electron chi connectivity index (χ2n) is 10.5. The van der Waals surface area contributed by atoms with Crippen LogP contribution in [0.15, 0.2) is 71.6 Å². The highest BCUT2D eigenvalue weighted by atomic mass is 35.5. The number of nitrogens with zero attached hydrogens (tertiary/aromatic N) is 2. The molecule has 214 valence electrons. The molecule has 0 heterocycles. The van der Waals surface area contributed by atoms with Crippen molar-refractivity contribution in [3.8, 4) is 0 Å². The lowest BCUT2D eigenvalue weighted by Crippen LogP contribution is -2.51. The second-order valence-corrected chi connectivity index (χ2v) is 12.7.